The van der Waals surface area contributed by atoms with Gasteiger partial charge in [0.1, 0.15) is 24.9 Å². The highest BCUT2D eigenvalue weighted by atomic mass is 32.2. The topological polar surface area (TPSA) is 290 Å². The number of benzene rings is 1. The van der Waals surface area contributed by atoms with Crippen molar-refractivity contribution in [3.8, 4) is 0 Å². The number of aromatic amines is 1. The molecule has 7 atom stereocenters. The third kappa shape index (κ3) is 8.42. The number of carbonyl (C=O) groups excluding carboxylic acids is 1. The summed E-state index contributed by atoms with van der Waals surface area (Å²) in [6.45, 7) is -0.818. The molecule has 2 aromatic rings. The molecule has 2 heterocycles. The second-order valence-corrected chi connectivity index (χ2v) is 12.0. The van der Waals surface area contributed by atoms with Crippen LogP contribution in [0, 0.1) is 0 Å². The highest BCUT2D eigenvalue weighted by Crippen LogP contribution is 2.57. The monoisotopic (exact) mass is 641 g/mol. The third-order valence-corrected chi connectivity index (χ3v) is 9.05. The Morgan fingerprint density at radius 3 is 2.52 bits per heavy atom. The molecular weight excluding hydrogens is 623 g/mol. The van der Waals surface area contributed by atoms with Gasteiger partial charge in [0.2, 0.25) is 0 Å². The first kappa shape index (κ1) is 31.9. The Morgan fingerprint density at radius 2 is 1.90 bits per heavy atom. The fraction of sp³-hybridized carbons (Fsp3) is 0.353. The Morgan fingerprint density at radius 1 is 1.23 bits per heavy atom. The van der Waals surface area contributed by atoms with Gasteiger partial charge in [-0.25, -0.2) is 9.36 Å². The van der Waals surface area contributed by atoms with E-state index in [1.807, 2.05) is 4.98 Å². The van der Waals surface area contributed by atoms with Gasteiger partial charge in [-0.1, -0.05) is 29.4 Å². The lowest BCUT2D eigenvalue weighted by molar-refractivity contribution is -0.0520. The van der Waals surface area contributed by atoms with Crippen molar-refractivity contribution in [1.82, 2.24) is 9.55 Å². The van der Waals surface area contributed by atoms with E-state index in [-0.39, 0.29) is 21.9 Å². The average molecular weight is 641 g/mol. The van der Waals surface area contributed by atoms with Crippen LogP contribution in [0.1, 0.15) is 16.6 Å². The van der Waals surface area contributed by atoms with Crippen LogP contribution in [0.4, 0.5) is 5.69 Å². The van der Waals surface area contributed by atoms with E-state index in [1.54, 1.807) is 0 Å². The molecule has 1 aliphatic rings. The van der Waals surface area contributed by atoms with E-state index in [0.717, 1.165) is 22.5 Å². The zero-order chi connectivity index (χ0) is 29.6. The molecular formula is C17H18N5O14P3S+2. The van der Waals surface area contributed by atoms with Gasteiger partial charge in [-0.3, -0.25) is 24.0 Å². The summed E-state index contributed by atoms with van der Waals surface area (Å²) in [5.74, 6) is -0.648. The van der Waals surface area contributed by atoms with Gasteiger partial charge in [-0.15, -0.1) is 21.2 Å². The number of hydrogen-bond acceptors (Lipinski definition) is 14. The summed E-state index contributed by atoms with van der Waals surface area (Å²) in [7, 11) is -12.2. The van der Waals surface area contributed by atoms with Crippen LogP contribution in [0.25, 0.3) is 10.4 Å². The van der Waals surface area contributed by atoms with Crippen molar-refractivity contribution < 1.29 is 56.4 Å². The van der Waals surface area contributed by atoms with Crippen LogP contribution >= 0.6 is 36.1 Å². The fourth-order valence-corrected chi connectivity index (χ4v) is 6.24. The molecule has 0 spiro atoms. The second kappa shape index (κ2) is 13.8. The van der Waals surface area contributed by atoms with Crippen molar-refractivity contribution in [2.75, 3.05) is 12.4 Å². The largest absolute Gasteiger partial charge is 0.708 e. The van der Waals surface area contributed by atoms with Crippen LogP contribution < -0.4 is 11.2 Å². The quantitative estimate of drug-likeness (QED) is 0.0517. The van der Waals surface area contributed by atoms with Crippen molar-refractivity contribution in [3.05, 3.63) is 67.3 Å². The standard InChI is InChI=1S/C17H16N5O14P3S/c18-21-20-9-3-1-8(2-4-9)10(23)7-40-12-5-22(17(27)19-15(12)26)16-14(25)13(24)11(34-16)6-33-38(30)36-39(31,32)35-37(28)29/h1-5,11,13-14,16,24-25H,6-7H2,(H-2,19,26,27,28,29,31,32)/p+2. The number of H-pyrrole nitrogens is 1. The molecule has 3 rings (SSSR count). The molecule has 40 heavy (non-hydrogen) atoms. The van der Waals surface area contributed by atoms with E-state index in [1.165, 1.54) is 24.3 Å². The fourth-order valence-electron chi connectivity index (χ4n) is 3.19. The Bertz CT molecular complexity index is 1510. The van der Waals surface area contributed by atoms with Crippen LogP contribution in [0.15, 0.2) is 50.1 Å². The maximum atomic E-state index is 12.5. The highest BCUT2D eigenvalue weighted by Gasteiger charge is 2.48. The molecule has 0 aliphatic carbocycles. The Labute approximate surface area is 227 Å². The summed E-state index contributed by atoms with van der Waals surface area (Å²) in [4.78, 5) is 59.3. The molecule has 1 fully saturated rings. The maximum Gasteiger partial charge on any atom is 0.708 e. The molecule has 5 N–H and O–H groups in total. The maximum absolute atomic E-state index is 12.5. The number of hydrogen-bond donors (Lipinski definition) is 5. The molecule has 1 aliphatic heterocycles. The van der Waals surface area contributed by atoms with Crippen molar-refractivity contribution >= 4 is 47.6 Å². The molecule has 0 amide bonds. The van der Waals surface area contributed by atoms with Crippen molar-refractivity contribution in [3.63, 3.8) is 0 Å². The zero-order valence-corrected chi connectivity index (χ0v) is 23.0. The number of nitrogens with zero attached hydrogens (tertiary/aromatic N) is 4. The minimum absolute atomic E-state index is 0.124. The molecule has 23 heteroatoms. The van der Waals surface area contributed by atoms with E-state index in [0.29, 0.717) is 0 Å². The van der Waals surface area contributed by atoms with Crippen LogP contribution in [0.3, 0.4) is 0 Å². The molecule has 1 aromatic carbocycles. The Balaban J connectivity index is 1.67. The summed E-state index contributed by atoms with van der Waals surface area (Å²) in [6.07, 6.45) is -5.60. The Hall–Kier alpha value is -2.66. The molecule has 7 unspecified atom stereocenters. The van der Waals surface area contributed by atoms with Gasteiger partial charge in [0.05, 0.1) is 10.6 Å². The summed E-state index contributed by atoms with van der Waals surface area (Å²) in [5.41, 5.74) is 7.10. The van der Waals surface area contributed by atoms with Crippen molar-refractivity contribution in [1.29, 1.82) is 0 Å². The smallest absolute Gasteiger partial charge is 0.387 e. The lowest BCUT2D eigenvalue weighted by Gasteiger charge is -2.17. The minimum atomic E-state index is -5.23. The van der Waals surface area contributed by atoms with Gasteiger partial charge in [-0.05, 0) is 5.53 Å². The van der Waals surface area contributed by atoms with E-state index in [4.69, 9.17) is 20.1 Å². The van der Waals surface area contributed by atoms with Gasteiger partial charge < -0.3 is 14.9 Å². The zero-order valence-electron chi connectivity index (χ0n) is 19.5. The number of ketones is 1. The lowest BCUT2D eigenvalue weighted by Crippen LogP contribution is -2.38. The van der Waals surface area contributed by atoms with E-state index >= 15 is 0 Å². The number of aliphatic hydroxyl groups excluding tert-OH is 2. The molecule has 19 nitrogen and oxygen atoms in total. The number of rotatable bonds is 13. The number of phosphoric acid groups is 1. The van der Waals surface area contributed by atoms with Crippen LogP contribution in [0.5, 0.6) is 0 Å². The second-order valence-electron chi connectivity index (χ2n) is 7.54. The molecule has 0 saturated carbocycles. The number of nitrogens with one attached hydrogen (secondary N) is 1. The highest BCUT2D eigenvalue weighted by molar-refractivity contribution is 8.00. The normalized spacial score (nSPS) is 22.7. The minimum Gasteiger partial charge on any atom is -0.387 e. The van der Waals surface area contributed by atoms with Gasteiger partial charge in [-0.2, -0.15) is 0 Å². The first-order valence-corrected chi connectivity index (χ1v) is 15.2. The summed E-state index contributed by atoms with van der Waals surface area (Å²) in [6, 6.07) is 5.68. The first-order valence-electron chi connectivity index (χ1n) is 10.5. The van der Waals surface area contributed by atoms with Crippen LogP contribution in [-0.2, 0) is 31.6 Å². The number of ether oxygens (including phenoxy) is 1. The van der Waals surface area contributed by atoms with Gasteiger partial charge in [0.15, 0.2) is 12.0 Å². The third-order valence-electron chi connectivity index (χ3n) is 4.94. The lowest BCUT2D eigenvalue weighted by atomic mass is 10.1. The predicted molar refractivity (Wildman–Crippen MR) is 133 cm³/mol. The number of aromatic nitrogens is 2. The van der Waals surface area contributed by atoms with Crippen molar-refractivity contribution in [2.24, 2.45) is 5.11 Å². The SMILES string of the molecule is [N-]=[N+]=Nc1ccc(C(=O)CSc2cn(C3OC(CO[P+](=O)OP(=O)(O)O[P+](=O)O)C(O)C3O)c(=O)[nH]c2=O)cc1. The van der Waals surface area contributed by atoms with E-state index in [2.05, 4.69) is 23.2 Å². The first-order chi connectivity index (χ1) is 18.8. The van der Waals surface area contributed by atoms with Gasteiger partial charge >= 0.3 is 30.0 Å². The van der Waals surface area contributed by atoms with Crippen LogP contribution in [-0.4, -0.2) is 66.0 Å². The molecule has 1 saturated heterocycles. The number of Topliss-reactive ketones (excluding diaryl/α,β-unsaturated/α-hetero) is 1. The number of carbonyl (C=O) groups is 1. The predicted octanol–water partition coefficient (Wildman–Crippen LogP) is 1.53. The van der Waals surface area contributed by atoms with Gasteiger partial charge in [0.25, 0.3) is 5.56 Å². The molecule has 1 aromatic heterocycles. The summed E-state index contributed by atoms with van der Waals surface area (Å²) in [5, 5.41) is 24.1. The molecule has 0 bridgehead atoms. The van der Waals surface area contributed by atoms with E-state index < -0.39 is 72.5 Å². The van der Waals surface area contributed by atoms with E-state index in [9.17, 15) is 38.3 Å². The average Bonchev–Trinajstić information content (AvgIpc) is 3.15. The van der Waals surface area contributed by atoms with Gasteiger partial charge in [0, 0.05) is 40.1 Å². The number of aliphatic hydroxyl groups is 2. The summed E-state index contributed by atoms with van der Waals surface area (Å²) >= 11 is 0.757. The van der Waals surface area contributed by atoms with Crippen LogP contribution in [0.2, 0.25) is 0 Å². The number of thioether (sulfide) groups is 1. The number of azide groups is 1. The van der Waals surface area contributed by atoms with Crippen molar-refractivity contribution in [2.45, 2.75) is 29.4 Å². The molecule has 0 radical (unpaired) electrons. The summed E-state index contributed by atoms with van der Waals surface area (Å²) < 4.78 is 52.0. The molecule has 214 valence electrons. The Kier molecular flexibility index (Phi) is 11.0.